The van der Waals surface area contributed by atoms with Gasteiger partial charge in [0.25, 0.3) is 0 Å². The Bertz CT molecular complexity index is 676. The molecular weight excluding hydrogens is 344 g/mol. The van der Waals surface area contributed by atoms with E-state index in [1.54, 1.807) is 12.4 Å². The lowest BCUT2D eigenvalue weighted by atomic mass is 9.73. The normalized spacial score (nSPS) is 23.3. The molecule has 1 aromatic rings. The minimum absolute atomic E-state index is 0.0161. The van der Waals surface area contributed by atoms with E-state index in [0.717, 1.165) is 37.2 Å². The van der Waals surface area contributed by atoms with Crippen LogP contribution < -0.4 is 0 Å². The van der Waals surface area contributed by atoms with E-state index in [2.05, 4.69) is 9.97 Å². The van der Waals surface area contributed by atoms with E-state index in [9.17, 15) is 9.59 Å². The topological polar surface area (TPSA) is 75.6 Å². The molecule has 148 valence electrons. The Balaban J connectivity index is 1.65. The maximum absolute atomic E-state index is 12.5. The molecular formula is C20H30N4O3. The number of nitrogens with zero attached hydrogens (tertiary/aromatic N) is 4. The maximum atomic E-state index is 12.5. The van der Waals surface area contributed by atoms with Crippen molar-refractivity contribution in [2.24, 2.45) is 5.41 Å². The second-order valence-corrected chi connectivity index (χ2v) is 8.18. The smallest absolute Gasteiger partial charge is 0.248 e. The lowest BCUT2D eigenvalue weighted by molar-refractivity contribution is -0.146. The fraction of sp³-hybridized carbons (Fsp3) is 0.700. The molecule has 0 unspecified atom stereocenters. The highest BCUT2D eigenvalue weighted by Gasteiger charge is 2.42. The maximum Gasteiger partial charge on any atom is 0.248 e. The SMILES string of the molecule is Cc1cnc(CN2C[C@]3(CCCN(C(=O)COC(C)C)C3)CCC2=O)cn1. The summed E-state index contributed by atoms with van der Waals surface area (Å²) in [5.41, 5.74) is 1.66. The highest BCUT2D eigenvalue weighted by molar-refractivity contribution is 5.78. The van der Waals surface area contributed by atoms with Crippen molar-refractivity contribution in [1.82, 2.24) is 19.8 Å². The monoisotopic (exact) mass is 374 g/mol. The fourth-order valence-corrected chi connectivity index (χ4v) is 4.03. The van der Waals surface area contributed by atoms with Gasteiger partial charge in [0, 0.05) is 37.7 Å². The van der Waals surface area contributed by atoms with Crippen molar-refractivity contribution in [2.75, 3.05) is 26.2 Å². The Morgan fingerprint density at radius 2 is 2.07 bits per heavy atom. The van der Waals surface area contributed by atoms with Crippen LogP contribution in [0.15, 0.2) is 12.4 Å². The van der Waals surface area contributed by atoms with E-state index in [1.807, 2.05) is 30.6 Å². The third-order valence-electron chi connectivity index (χ3n) is 5.49. The Kier molecular flexibility index (Phi) is 6.09. The van der Waals surface area contributed by atoms with Gasteiger partial charge in [0.05, 0.1) is 30.2 Å². The van der Waals surface area contributed by atoms with Gasteiger partial charge in [-0.2, -0.15) is 0 Å². The number of amides is 2. The number of likely N-dealkylation sites (tertiary alicyclic amines) is 2. The number of piperidine rings is 2. The zero-order chi connectivity index (χ0) is 19.4. The number of carbonyl (C=O) groups is 2. The molecule has 7 heteroatoms. The zero-order valence-electron chi connectivity index (χ0n) is 16.6. The average molecular weight is 374 g/mol. The summed E-state index contributed by atoms with van der Waals surface area (Å²) in [4.78, 5) is 37.4. The van der Waals surface area contributed by atoms with Crippen molar-refractivity contribution < 1.29 is 14.3 Å². The molecule has 3 rings (SSSR count). The summed E-state index contributed by atoms with van der Waals surface area (Å²) in [6, 6.07) is 0. The van der Waals surface area contributed by atoms with Crippen LogP contribution >= 0.6 is 0 Å². The highest BCUT2D eigenvalue weighted by Crippen LogP contribution is 2.39. The summed E-state index contributed by atoms with van der Waals surface area (Å²) in [6.45, 7) is 8.54. The second-order valence-electron chi connectivity index (χ2n) is 8.18. The number of ether oxygens (including phenoxy) is 1. The first-order chi connectivity index (χ1) is 12.9. The molecule has 0 aromatic carbocycles. The van der Waals surface area contributed by atoms with Gasteiger partial charge in [-0.05, 0) is 40.0 Å². The number of aryl methyl sites for hydroxylation is 1. The largest absolute Gasteiger partial charge is 0.369 e. The predicted molar refractivity (Wildman–Crippen MR) is 101 cm³/mol. The number of hydrogen-bond donors (Lipinski definition) is 0. The Labute approximate surface area is 161 Å². The number of hydrogen-bond acceptors (Lipinski definition) is 5. The van der Waals surface area contributed by atoms with Gasteiger partial charge >= 0.3 is 0 Å². The Morgan fingerprint density at radius 3 is 2.78 bits per heavy atom. The Morgan fingerprint density at radius 1 is 1.26 bits per heavy atom. The molecule has 2 amide bonds. The van der Waals surface area contributed by atoms with Gasteiger partial charge in [0.2, 0.25) is 11.8 Å². The first-order valence-corrected chi connectivity index (χ1v) is 9.82. The minimum atomic E-state index is -0.0161. The Hall–Kier alpha value is -2.02. The first-order valence-electron chi connectivity index (χ1n) is 9.82. The van der Waals surface area contributed by atoms with Crippen molar-refractivity contribution in [3.8, 4) is 0 Å². The number of rotatable bonds is 5. The van der Waals surface area contributed by atoms with Crippen LogP contribution in [0.5, 0.6) is 0 Å². The van der Waals surface area contributed by atoms with E-state index in [0.29, 0.717) is 26.1 Å². The van der Waals surface area contributed by atoms with Crippen molar-refractivity contribution in [3.05, 3.63) is 23.8 Å². The summed E-state index contributed by atoms with van der Waals surface area (Å²) in [5.74, 6) is 0.213. The van der Waals surface area contributed by atoms with E-state index < -0.39 is 0 Å². The van der Waals surface area contributed by atoms with Gasteiger partial charge in [-0.3, -0.25) is 19.6 Å². The highest BCUT2D eigenvalue weighted by atomic mass is 16.5. The molecule has 2 aliphatic heterocycles. The summed E-state index contributed by atoms with van der Waals surface area (Å²) in [7, 11) is 0. The van der Waals surface area contributed by atoms with Crippen LogP contribution in [0.4, 0.5) is 0 Å². The summed E-state index contributed by atoms with van der Waals surface area (Å²) >= 11 is 0. The molecule has 1 aromatic heterocycles. The predicted octanol–water partition coefficient (Wildman–Crippen LogP) is 1.94. The van der Waals surface area contributed by atoms with Gasteiger partial charge in [-0.1, -0.05) is 0 Å². The van der Waals surface area contributed by atoms with Crippen molar-refractivity contribution in [2.45, 2.75) is 59.1 Å². The molecule has 2 saturated heterocycles. The summed E-state index contributed by atoms with van der Waals surface area (Å²) in [6.07, 6.45) is 6.91. The molecule has 0 N–H and O–H groups in total. The zero-order valence-corrected chi connectivity index (χ0v) is 16.6. The van der Waals surface area contributed by atoms with E-state index >= 15 is 0 Å². The van der Waals surface area contributed by atoms with Crippen LogP contribution in [0.3, 0.4) is 0 Å². The van der Waals surface area contributed by atoms with E-state index in [1.165, 1.54) is 0 Å². The van der Waals surface area contributed by atoms with Crippen LogP contribution in [0.2, 0.25) is 0 Å². The quantitative estimate of drug-likeness (QED) is 0.787. The molecule has 27 heavy (non-hydrogen) atoms. The lowest BCUT2D eigenvalue weighted by Gasteiger charge is -2.48. The summed E-state index contributed by atoms with van der Waals surface area (Å²) < 4.78 is 5.49. The molecule has 3 heterocycles. The van der Waals surface area contributed by atoms with Gasteiger partial charge in [0.15, 0.2) is 0 Å². The lowest BCUT2D eigenvalue weighted by Crippen LogP contribution is -2.55. The molecule has 1 spiro atoms. The van der Waals surface area contributed by atoms with Gasteiger partial charge in [0.1, 0.15) is 6.61 Å². The summed E-state index contributed by atoms with van der Waals surface area (Å²) in [5, 5.41) is 0. The fourth-order valence-electron chi connectivity index (χ4n) is 4.03. The molecule has 1 atom stereocenters. The molecule has 7 nitrogen and oxygen atoms in total. The standard InChI is InChI=1S/C20H30N4O3/c1-15(2)27-12-19(26)23-8-4-6-20(13-23)7-5-18(25)24(14-20)11-17-10-21-16(3)9-22-17/h9-10,15H,4-8,11-14H2,1-3H3/t20-/m1/s1. The van der Waals surface area contributed by atoms with Crippen LogP contribution in [0.1, 0.15) is 50.9 Å². The third kappa shape index (κ3) is 5.03. The van der Waals surface area contributed by atoms with Crippen molar-refractivity contribution in [1.29, 1.82) is 0 Å². The van der Waals surface area contributed by atoms with Gasteiger partial charge in [-0.25, -0.2) is 0 Å². The van der Waals surface area contributed by atoms with Gasteiger partial charge < -0.3 is 14.5 Å². The number of aromatic nitrogens is 2. The molecule has 2 aliphatic rings. The second kappa shape index (κ2) is 8.33. The molecule has 0 bridgehead atoms. The molecule has 2 fully saturated rings. The van der Waals surface area contributed by atoms with E-state index in [4.69, 9.17) is 4.74 Å². The van der Waals surface area contributed by atoms with Crippen LogP contribution in [0, 0.1) is 12.3 Å². The van der Waals surface area contributed by atoms with Crippen LogP contribution in [-0.4, -0.2) is 63.9 Å². The first kappa shape index (κ1) is 19.7. The molecule has 0 saturated carbocycles. The van der Waals surface area contributed by atoms with Gasteiger partial charge in [-0.15, -0.1) is 0 Å². The van der Waals surface area contributed by atoms with Crippen molar-refractivity contribution >= 4 is 11.8 Å². The van der Waals surface area contributed by atoms with Crippen molar-refractivity contribution in [3.63, 3.8) is 0 Å². The average Bonchev–Trinajstić information content (AvgIpc) is 2.65. The van der Waals surface area contributed by atoms with Crippen LogP contribution in [-0.2, 0) is 20.9 Å². The number of carbonyl (C=O) groups excluding carboxylic acids is 2. The third-order valence-corrected chi connectivity index (χ3v) is 5.49. The van der Waals surface area contributed by atoms with Crippen LogP contribution in [0.25, 0.3) is 0 Å². The van der Waals surface area contributed by atoms with E-state index in [-0.39, 0.29) is 29.9 Å². The minimum Gasteiger partial charge on any atom is -0.369 e. The molecule has 0 aliphatic carbocycles. The molecule has 0 radical (unpaired) electrons.